The monoisotopic (exact) mass is 289 g/mol. The molecule has 0 aliphatic heterocycles. The third-order valence-corrected chi connectivity index (χ3v) is 3.25. The van der Waals surface area contributed by atoms with E-state index in [4.69, 9.17) is 4.52 Å². The second-order valence-electron chi connectivity index (χ2n) is 4.92. The number of unbranched alkanes of at least 4 members (excludes halogenated alkanes) is 2. The van der Waals surface area contributed by atoms with Crippen LogP contribution in [0.5, 0.6) is 0 Å². The number of carbonyl (C=O) groups excluding carboxylic acids is 2. The summed E-state index contributed by atoms with van der Waals surface area (Å²) in [6, 6.07) is 7.15. The Morgan fingerprint density at radius 2 is 2.05 bits per heavy atom. The van der Waals surface area contributed by atoms with Crippen LogP contribution in [0.25, 0.3) is 11.0 Å². The van der Waals surface area contributed by atoms with Crippen molar-refractivity contribution in [3.63, 3.8) is 0 Å². The van der Waals surface area contributed by atoms with Gasteiger partial charge >= 0.3 is 11.8 Å². The van der Waals surface area contributed by atoms with Crippen molar-refractivity contribution in [3.8, 4) is 0 Å². The molecule has 1 aromatic carbocycles. The van der Waals surface area contributed by atoms with Gasteiger partial charge in [-0.3, -0.25) is 14.9 Å². The number of nitrogens with one attached hydrogen (secondary N) is 1. The molecular weight excluding hydrogens is 270 g/mol. The van der Waals surface area contributed by atoms with Crippen LogP contribution in [0.3, 0.4) is 0 Å². The van der Waals surface area contributed by atoms with E-state index in [9.17, 15) is 9.59 Å². The van der Waals surface area contributed by atoms with E-state index in [-0.39, 0.29) is 5.82 Å². The lowest BCUT2D eigenvalue weighted by atomic mass is 10.2. The lowest BCUT2D eigenvalue weighted by Gasteiger charge is -2.15. The predicted octanol–water partition coefficient (Wildman–Crippen LogP) is 2.41. The number of aromatic nitrogens is 1. The van der Waals surface area contributed by atoms with Gasteiger partial charge in [-0.1, -0.05) is 37.1 Å². The van der Waals surface area contributed by atoms with Crippen LogP contribution in [-0.4, -0.2) is 35.5 Å². The van der Waals surface area contributed by atoms with Crippen molar-refractivity contribution in [2.24, 2.45) is 0 Å². The van der Waals surface area contributed by atoms with Gasteiger partial charge in [-0.05, 0) is 18.6 Å². The topological polar surface area (TPSA) is 75.4 Å². The number of rotatable bonds is 5. The lowest BCUT2D eigenvalue weighted by molar-refractivity contribution is -0.142. The van der Waals surface area contributed by atoms with E-state index in [2.05, 4.69) is 17.4 Å². The predicted molar refractivity (Wildman–Crippen MR) is 79.8 cm³/mol. The Morgan fingerprint density at radius 3 is 2.81 bits per heavy atom. The first kappa shape index (κ1) is 15.0. The summed E-state index contributed by atoms with van der Waals surface area (Å²) in [5, 5.41) is 6.95. The van der Waals surface area contributed by atoms with Crippen molar-refractivity contribution in [1.29, 1.82) is 0 Å². The van der Waals surface area contributed by atoms with Crippen molar-refractivity contribution in [2.75, 3.05) is 18.9 Å². The number of carbonyl (C=O) groups is 2. The standard InChI is InChI=1S/C15H19N3O3/c1-3-4-7-10-18(2)15(20)14(19)16-13-11-8-5-6-9-12(11)21-17-13/h5-6,8-9H,3-4,7,10H2,1-2H3,(H,16,17,19). The normalized spacial score (nSPS) is 10.6. The molecule has 0 aliphatic rings. The highest BCUT2D eigenvalue weighted by atomic mass is 16.5. The average molecular weight is 289 g/mol. The Hall–Kier alpha value is -2.37. The van der Waals surface area contributed by atoms with E-state index in [0.717, 1.165) is 19.3 Å². The van der Waals surface area contributed by atoms with Crippen molar-refractivity contribution < 1.29 is 14.1 Å². The van der Waals surface area contributed by atoms with Gasteiger partial charge in [-0.15, -0.1) is 0 Å². The zero-order valence-electron chi connectivity index (χ0n) is 12.3. The second kappa shape index (κ2) is 6.88. The number of hydrogen-bond donors (Lipinski definition) is 1. The molecule has 0 fully saturated rings. The molecule has 2 amide bonds. The minimum absolute atomic E-state index is 0.269. The molecule has 21 heavy (non-hydrogen) atoms. The highest BCUT2D eigenvalue weighted by molar-refractivity contribution is 6.39. The third-order valence-electron chi connectivity index (χ3n) is 3.25. The minimum atomic E-state index is -0.701. The van der Waals surface area contributed by atoms with E-state index in [1.165, 1.54) is 4.90 Å². The van der Waals surface area contributed by atoms with E-state index in [1.807, 2.05) is 12.1 Å². The number of benzene rings is 1. The van der Waals surface area contributed by atoms with Crippen LogP contribution in [0.2, 0.25) is 0 Å². The summed E-state index contributed by atoms with van der Waals surface area (Å²) >= 11 is 0. The van der Waals surface area contributed by atoms with Gasteiger partial charge in [0.2, 0.25) is 0 Å². The molecule has 0 aliphatic carbocycles. The molecule has 0 saturated carbocycles. The zero-order chi connectivity index (χ0) is 15.2. The molecule has 0 radical (unpaired) electrons. The molecule has 112 valence electrons. The molecule has 0 unspecified atom stereocenters. The molecule has 2 aromatic rings. The van der Waals surface area contributed by atoms with Crippen LogP contribution < -0.4 is 5.32 Å². The van der Waals surface area contributed by atoms with Crippen LogP contribution >= 0.6 is 0 Å². The molecule has 1 N–H and O–H groups in total. The maximum absolute atomic E-state index is 12.0. The fourth-order valence-electron chi connectivity index (χ4n) is 2.01. The maximum Gasteiger partial charge on any atom is 0.315 e. The highest BCUT2D eigenvalue weighted by Crippen LogP contribution is 2.21. The number of fused-ring (bicyclic) bond motifs is 1. The molecular formula is C15H19N3O3. The van der Waals surface area contributed by atoms with Crippen molar-refractivity contribution in [2.45, 2.75) is 26.2 Å². The van der Waals surface area contributed by atoms with Gasteiger partial charge in [0.25, 0.3) is 0 Å². The first-order chi connectivity index (χ1) is 10.1. The fraction of sp³-hybridized carbons (Fsp3) is 0.400. The fourth-order valence-corrected chi connectivity index (χ4v) is 2.01. The molecule has 0 saturated heterocycles. The molecule has 0 bridgehead atoms. The van der Waals surface area contributed by atoms with E-state index < -0.39 is 11.8 Å². The Morgan fingerprint density at radius 1 is 1.29 bits per heavy atom. The van der Waals surface area contributed by atoms with Crippen LogP contribution in [0.15, 0.2) is 28.8 Å². The quantitative estimate of drug-likeness (QED) is 0.677. The number of anilines is 1. The van der Waals surface area contributed by atoms with Crippen LogP contribution in [0.1, 0.15) is 26.2 Å². The minimum Gasteiger partial charge on any atom is -0.354 e. The summed E-state index contributed by atoms with van der Waals surface area (Å²) in [5.74, 6) is -1.00. The van der Waals surface area contributed by atoms with E-state index in [0.29, 0.717) is 17.5 Å². The number of hydrogen-bond acceptors (Lipinski definition) is 4. The highest BCUT2D eigenvalue weighted by Gasteiger charge is 2.20. The Balaban J connectivity index is 1.99. The first-order valence-electron chi connectivity index (χ1n) is 7.04. The average Bonchev–Trinajstić information content (AvgIpc) is 2.90. The maximum atomic E-state index is 12.0. The van der Waals surface area contributed by atoms with Crippen LogP contribution in [0.4, 0.5) is 5.82 Å². The van der Waals surface area contributed by atoms with Gasteiger partial charge in [-0.25, -0.2) is 0 Å². The molecule has 1 heterocycles. The summed E-state index contributed by atoms with van der Waals surface area (Å²) in [6.07, 6.45) is 2.99. The molecule has 0 spiro atoms. The lowest BCUT2D eigenvalue weighted by Crippen LogP contribution is -2.37. The summed E-state index contributed by atoms with van der Waals surface area (Å²) in [4.78, 5) is 25.3. The van der Waals surface area contributed by atoms with Gasteiger partial charge in [0.1, 0.15) is 0 Å². The van der Waals surface area contributed by atoms with Crippen molar-refractivity contribution in [1.82, 2.24) is 10.1 Å². The van der Waals surface area contributed by atoms with Gasteiger partial charge < -0.3 is 9.42 Å². The largest absolute Gasteiger partial charge is 0.354 e. The zero-order valence-corrected chi connectivity index (χ0v) is 12.3. The van der Waals surface area contributed by atoms with Gasteiger partial charge in [0.15, 0.2) is 11.4 Å². The van der Waals surface area contributed by atoms with Crippen LogP contribution in [0, 0.1) is 0 Å². The summed E-state index contributed by atoms with van der Waals surface area (Å²) in [5.41, 5.74) is 0.566. The smallest absolute Gasteiger partial charge is 0.315 e. The Bertz CT molecular complexity index is 636. The van der Waals surface area contributed by atoms with Gasteiger partial charge in [0.05, 0.1) is 5.39 Å². The molecule has 1 aromatic heterocycles. The van der Waals surface area contributed by atoms with E-state index in [1.54, 1.807) is 19.2 Å². The summed E-state index contributed by atoms with van der Waals surface area (Å²) in [7, 11) is 1.62. The van der Waals surface area contributed by atoms with Crippen molar-refractivity contribution >= 4 is 28.6 Å². The summed E-state index contributed by atoms with van der Waals surface area (Å²) < 4.78 is 5.08. The molecule has 2 rings (SSSR count). The third kappa shape index (κ3) is 3.59. The Kier molecular flexibility index (Phi) is 4.92. The first-order valence-corrected chi connectivity index (χ1v) is 7.04. The van der Waals surface area contributed by atoms with Gasteiger partial charge in [0, 0.05) is 13.6 Å². The Labute approximate surface area is 123 Å². The van der Waals surface area contributed by atoms with Crippen molar-refractivity contribution in [3.05, 3.63) is 24.3 Å². The molecule has 6 heteroatoms. The summed E-state index contributed by atoms with van der Waals surface area (Å²) in [6.45, 7) is 2.66. The molecule has 6 nitrogen and oxygen atoms in total. The SMILES string of the molecule is CCCCCN(C)C(=O)C(=O)Nc1noc2ccccc12. The number of likely N-dealkylation sites (N-methyl/N-ethyl adjacent to an activating group) is 1. The number of amides is 2. The van der Waals surface area contributed by atoms with E-state index >= 15 is 0 Å². The molecule has 0 atom stereocenters. The van der Waals surface area contributed by atoms with Crippen LogP contribution in [-0.2, 0) is 9.59 Å². The second-order valence-corrected chi connectivity index (χ2v) is 4.92. The number of nitrogens with zero attached hydrogens (tertiary/aromatic N) is 2. The van der Waals surface area contributed by atoms with Gasteiger partial charge in [-0.2, -0.15) is 0 Å². The number of para-hydroxylation sites is 1.